The van der Waals surface area contributed by atoms with E-state index in [1.165, 1.54) is 72.3 Å². The number of aromatic carboxylic acids is 2. The monoisotopic (exact) mass is 652 g/mol. The van der Waals surface area contributed by atoms with Crippen LogP contribution in [0.5, 0.6) is 0 Å². The Hall–Kier alpha value is -4.96. The van der Waals surface area contributed by atoms with Crippen molar-refractivity contribution in [2.24, 2.45) is 0 Å². The van der Waals surface area contributed by atoms with Gasteiger partial charge in [0.05, 0.1) is 11.1 Å². The summed E-state index contributed by atoms with van der Waals surface area (Å²) >= 11 is 0. The van der Waals surface area contributed by atoms with Crippen molar-refractivity contribution in [3.63, 3.8) is 0 Å². The Morgan fingerprint density at radius 1 is 0.306 bits per heavy atom. The fraction of sp³-hybridized carbons (Fsp3) is 0.289. The predicted molar refractivity (Wildman–Crippen MR) is 204 cm³/mol. The molecule has 5 rings (SSSR count). The van der Waals surface area contributed by atoms with E-state index in [9.17, 15) is 19.8 Å². The largest absolute Gasteiger partial charge is 0.478 e. The molecule has 0 aliphatic rings. The molecule has 4 heteroatoms. The molecule has 0 saturated carbocycles. The van der Waals surface area contributed by atoms with Crippen molar-refractivity contribution >= 4 is 11.9 Å². The molecular weight excluding hydrogens is 604 g/mol. The first-order valence-corrected chi connectivity index (χ1v) is 16.9. The van der Waals surface area contributed by atoms with Gasteiger partial charge in [-0.25, -0.2) is 9.59 Å². The summed E-state index contributed by atoms with van der Waals surface area (Å²) in [6.45, 7) is 27.8. The van der Waals surface area contributed by atoms with Crippen molar-refractivity contribution in [3.8, 4) is 44.5 Å². The number of rotatable bonds is 6. The van der Waals surface area contributed by atoms with Gasteiger partial charge in [0.2, 0.25) is 0 Å². The predicted octanol–water partition coefficient (Wildman–Crippen LogP) is 11.8. The van der Waals surface area contributed by atoms with Crippen LogP contribution in [-0.4, -0.2) is 22.2 Å². The van der Waals surface area contributed by atoms with E-state index in [1.54, 1.807) is 24.3 Å². The van der Waals surface area contributed by atoms with Crippen molar-refractivity contribution in [1.82, 2.24) is 0 Å². The zero-order valence-corrected chi connectivity index (χ0v) is 31.3. The molecule has 0 saturated heterocycles. The van der Waals surface area contributed by atoms with Crippen LogP contribution in [0, 0.1) is 90.0 Å². The molecule has 49 heavy (non-hydrogen) atoms. The molecule has 5 aromatic rings. The minimum atomic E-state index is -0.915. The van der Waals surface area contributed by atoms with Gasteiger partial charge in [-0.05, 0) is 231 Å². The molecule has 0 spiro atoms. The fourth-order valence-corrected chi connectivity index (χ4v) is 8.83. The molecular formula is C45H48O4. The van der Waals surface area contributed by atoms with E-state index in [1.807, 2.05) is 27.7 Å². The number of hydrogen-bond acceptors (Lipinski definition) is 2. The Kier molecular flexibility index (Phi) is 9.25. The summed E-state index contributed by atoms with van der Waals surface area (Å²) in [5.74, 6) is -1.83. The average molecular weight is 653 g/mol. The molecule has 252 valence electrons. The maximum atomic E-state index is 11.8. The minimum absolute atomic E-state index is 0.308. The number of carbonyl (C=O) groups is 2. The second-order valence-electron chi connectivity index (χ2n) is 14.2. The third-order valence-electron chi connectivity index (χ3n) is 10.5. The first-order chi connectivity index (χ1) is 22.9. The third-order valence-corrected chi connectivity index (χ3v) is 10.5. The highest BCUT2D eigenvalue weighted by Crippen LogP contribution is 2.47. The molecule has 0 fully saturated rings. The molecule has 0 aliphatic carbocycles. The summed E-state index contributed by atoms with van der Waals surface area (Å²) in [6.07, 6.45) is 0. The molecule has 0 amide bonds. The lowest BCUT2D eigenvalue weighted by Crippen LogP contribution is -2.06. The summed E-state index contributed by atoms with van der Waals surface area (Å²) in [6, 6.07) is 14.0. The van der Waals surface area contributed by atoms with Gasteiger partial charge < -0.3 is 10.2 Å². The van der Waals surface area contributed by atoms with Crippen molar-refractivity contribution in [1.29, 1.82) is 0 Å². The molecule has 5 aromatic carbocycles. The van der Waals surface area contributed by atoms with E-state index in [-0.39, 0.29) is 0 Å². The number of aryl methyl sites for hydroxylation is 10. The van der Waals surface area contributed by atoms with Crippen LogP contribution in [0.3, 0.4) is 0 Å². The van der Waals surface area contributed by atoms with Gasteiger partial charge in [0, 0.05) is 0 Å². The topological polar surface area (TPSA) is 74.6 Å². The second kappa shape index (κ2) is 12.8. The highest BCUT2D eigenvalue weighted by molar-refractivity contribution is 5.95. The quantitative estimate of drug-likeness (QED) is 0.191. The molecule has 0 atom stereocenters. The molecule has 0 aliphatic heterocycles. The smallest absolute Gasteiger partial charge is 0.335 e. The second-order valence-corrected chi connectivity index (χ2v) is 14.2. The van der Waals surface area contributed by atoms with Crippen LogP contribution in [0.15, 0.2) is 42.5 Å². The molecule has 0 radical (unpaired) electrons. The van der Waals surface area contributed by atoms with Crippen LogP contribution in [0.2, 0.25) is 0 Å². The molecule has 0 unspecified atom stereocenters. The highest BCUT2D eigenvalue weighted by Gasteiger charge is 2.25. The van der Waals surface area contributed by atoms with Gasteiger partial charge in [0.25, 0.3) is 0 Å². The lowest BCUT2D eigenvalue weighted by molar-refractivity contribution is 0.0686. The summed E-state index contributed by atoms with van der Waals surface area (Å²) in [4.78, 5) is 23.7. The van der Waals surface area contributed by atoms with Gasteiger partial charge in [0.15, 0.2) is 0 Å². The summed E-state index contributed by atoms with van der Waals surface area (Å²) < 4.78 is 0. The summed E-state index contributed by atoms with van der Waals surface area (Å²) in [7, 11) is 0. The lowest BCUT2D eigenvalue weighted by Gasteiger charge is -2.27. The summed E-state index contributed by atoms with van der Waals surface area (Å²) in [5.41, 5.74) is 24.6. The standard InChI is InChI=1S/C45H48O4/c1-21-14-23(3)40(31(11)38(21)36-27(7)17-34(44(46)47)18-28(36)8)42-25(5)16-26(6)43(33(42)13)41-24(4)15-22(2)39(32(41)12)37-29(9)19-35(45(48)49)20-30(37)10/h14-20H,1-13H3,(H,46,47)(H,48,49). The van der Waals surface area contributed by atoms with E-state index in [0.717, 1.165) is 44.5 Å². The third kappa shape index (κ3) is 5.88. The summed E-state index contributed by atoms with van der Waals surface area (Å²) in [5, 5.41) is 19.4. The van der Waals surface area contributed by atoms with E-state index in [2.05, 4.69) is 80.5 Å². The molecule has 0 heterocycles. The van der Waals surface area contributed by atoms with Gasteiger partial charge in [-0.3, -0.25) is 0 Å². The van der Waals surface area contributed by atoms with E-state index >= 15 is 0 Å². The van der Waals surface area contributed by atoms with Crippen molar-refractivity contribution in [3.05, 3.63) is 126 Å². The fourth-order valence-electron chi connectivity index (χ4n) is 8.83. The van der Waals surface area contributed by atoms with Crippen LogP contribution in [0.25, 0.3) is 44.5 Å². The van der Waals surface area contributed by atoms with Crippen molar-refractivity contribution in [2.45, 2.75) is 90.0 Å². The van der Waals surface area contributed by atoms with Gasteiger partial charge in [-0.2, -0.15) is 0 Å². The van der Waals surface area contributed by atoms with E-state index in [4.69, 9.17) is 0 Å². The number of hydrogen-bond donors (Lipinski definition) is 2. The van der Waals surface area contributed by atoms with Crippen molar-refractivity contribution in [2.75, 3.05) is 0 Å². The molecule has 2 N–H and O–H groups in total. The Balaban J connectivity index is 1.83. The first kappa shape index (κ1) is 35.3. The van der Waals surface area contributed by atoms with Gasteiger partial charge in [0.1, 0.15) is 0 Å². The Labute approximate surface area is 291 Å². The number of carboxylic acids is 2. The first-order valence-electron chi connectivity index (χ1n) is 16.9. The maximum Gasteiger partial charge on any atom is 0.335 e. The highest BCUT2D eigenvalue weighted by atomic mass is 16.4. The SMILES string of the molecule is Cc1cc(C(=O)O)cc(C)c1-c1c(C)cc(C)c(-c2c(C)cc(C)c(-c3c(C)cc(C)c(-c4c(C)cc(C(=O)O)cc4C)c3C)c2C)c1C. The average Bonchev–Trinajstić information content (AvgIpc) is 2.98. The number of carboxylic acid groups (broad SMARTS) is 2. The van der Waals surface area contributed by atoms with Crippen LogP contribution in [0.4, 0.5) is 0 Å². The van der Waals surface area contributed by atoms with Crippen LogP contribution >= 0.6 is 0 Å². The van der Waals surface area contributed by atoms with Crippen LogP contribution < -0.4 is 0 Å². The molecule has 4 nitrogen and oxygen atoms in total. The molecule has 0 bridgehead atoms. The lowest BCUT2D eigenvalue weighted by atomic mass is 9.77. The van der Waals surface area contributed by atoms with E-state index in [0.29, 0.717) is 11.1 Å². The Bertz CT molecular complexity index is 2050. The van der Waals surface area contributed by atoms with E-state index < -0.39 is 11.9 Å². The normalized spacial score (nSPS) is 11.3. The zero-order valence-electron chi connectivity index (χ0n) is 31.3. The zero-order chi connectivity index (χ0) is 36.4. The van der Waals surface area contributed by atoms with Gasteiger partial charge in [-0.15, -0.1) is 0 Å². The van der Waals surface area contributed by atoms with Gasteiger partial charge >= 0.3 is 11.9 Å². The van der Waals surface area contributed by atoms with Crippen LogP contribution in [0.1, 0.15) is 93.0 Å². The van der Waals surface area contributed by atoms with Crippen LogP contribution in [-0.2, 0) is 0 Å². The molecule has 0 aromatic heterocycles. The number of benzene rings is 5. The van der Waals surface area contributed by atoms with Crippen molar-refractivity contribution < 1.29 is 19.8 Å². The Morgan fingerprint density at radius 2 is 0.469 bits per heavy atom. The van der Waals surface area contributed by atoms with Gasteiger partial charge in [-0.1, -0.05) is 18.2 Å². The maximum absolute atomic E-state index is 11.8. The Morgan fingerprint density at radius 3 is 0.653 bits per heavy atom. The minimum Gasteiger partial charge on any atom is -0.478 e.